The molecule has 284 valence electrons. The van der Waals surface area contributed by atoms with E-state index in [1.54, 1.807) is 0 Å². The maximum atomic E-state index is 5.29. The van der Waals surface area contributed by atoms with Crippen LogP contribution in [0.3, 0.4) is 0 Å². The van der Waals surface area contributed by atoms with Crippen molar-refractivity contribution in [2.24, 2.45) is 0 Å². The van der Waals surface area contributed by atoms with Crippen molar-refractivity contribution in [2.75, 3.05) is 0 Å². The summed E-state index contributed by atoms with van der Waals surface area (Å²) in [7, 11) is 0. The molecule has 3 nitrogen and oxygen atoms in total. The Bertz CT molecular complexity index is 3620. The van der Waals surface area contributed by atoms with E-state index in [1.165, 1.54) is 65.3 Å². The summed E-state index contributed by atoms with van der Waals surface area (Å²) >= 11 is 0. The minimum absolute atomic E-state index is 0.693. The lowest BCUT2D eigenvalue weighted by molar-refractivity contribution is 1.18. The van der Waals surface area contributed by atoms with E-state index in [0.717, 1.165) is 44.9 Å². The molecular weight excluding hydrogens is 739 g/mol. The monoisotopic (exact) mass is 775 g/mol. The van der Waals surface area contributed by atoms with Gasteiger partial charge in [0.25, 0.3) is 0 Å². The van der Waals surface area contributed by atoms with Crippen LogP contribution in [0.2, 0.25) is 0 Å². The van der Waals surface area contributed by atoms with E-state index in [-0.39, 0.29) is 0 Å². The molecule has 0 saturated carbocycles. The van der Waals surface area contributed by atoms with Gasteiger partial charge in [0, 0.05) is 33.2 Å². The minimum Gasteiger partial charge on any atom is -0.309 e. The fourth-order valence-corrected chi connectivity index (χ4v) is 9.34. The number of benzene rings is 10. The summed E-state index contributed by atoms with van der Waals surface area (Å²) in [6.07, 6.45) is 0. The summed E-state index contributed by atoms with van der Waals surface area (Å²) in [5, 5.41) is 9.97. The van der Waals surface area contributed by atoms with Crippen LogP contribution in [0.15, 0.2) is 224 Å². The third-order valence-corrected chi connectivity index (χ3v) is 12.2. The molecule has 0 saturated heterocycles. The van der Waals surface area contributed by atoms with Gasteiger partial charge in [-0.25, -0.2) is 9.97 Å². The number of rotatable bonds is 6. The molecule has 0 aliphatic carbocycles. The molecule has 2 aromatic heterocycles. The van der Waals surface area contributed by atoms with Gasteiger partial charge >= 0.3 is 0 Å². The molecule has 12 rings (SSSR count). The minimum atomic E-state index is 0.693. The first kappa shape index (κ1) is 34.9. The molecule has 0 aliphatic rings. The van der Waals surface area contributed by atoms with Crippen LogP contribution in [0.1, 0.15) is 0 Å². The zero-order valence-electron chi connectivity index (χ0n) is 33.2. The molecule has 0 aliphatic heterocycles. The van der Waals surface area contributed by atoms with Crippen molar-refractivity contribution in [1.82, 2.24) is 14.5 Å². The third kappa shape index (κ3) is 5.90. The number of hydrogen-bond donors (Lipinski definition) is 0. The third-order valence-electron chi connectivity index (χ3n) is 12.2. The van der Waals surface area contributed by atoms with E-state index < -0.39 is 0 Å². The van der Waals surface area contributed by atoms with Crippen molar-refractivity contribution in [3.8, 4) is 61.8 Å². The summed E-state index contributed by atoms with van der Waals surface area (Å²) in [6.45, 7) is 0. The first-order valence-electron chi connectivity index (χ1n) is 20.8. The van der Waals surface area contributed by atoms with Gasteiger partial charge in [0.15, 0.2) is 5.82 Å². The van der Waals surface area contributed by atoms with E-state index in [0.29, 0.717) is 5.82 Å². The van der Waals surface area contributed by atoms with Gasteiger partial charge in [-0.2, -0.15) is 0 Å². The van der Waals surface area contributed by atoms with Gasteiger partial charge in [-0.3, -0.25) is 0 Å². The molecule has 0 atom stereocenters. The first-order chi connectivity index (χ1) is 30.2. The van der Waals surface area contributed by atoms with Gasteiger partial charge in [-0.15, -0.1) is 0 Å². The number of para-hydroxylation sites is 2. The fourth-order valence-electron chi connectivity index (χ4n) is 9.34. The van der Waals surface area contributed by atoms with Crippen molar-refractivity contribution in [3.63, 3.8) is 0 Å². The largest absolute Gasteiger partial charge is 0.309 e. The molecule has 0 N–H and O–H groups in total. The smallest absolute Gasteiger partial charge is 0.160 e. The molecule has 0 spiro atoms. The molecule has 10 aromatic carbocycles. The number of aromatic nitrogens is 3. The zero-order valence-corrected chi connectivity index (χ0v) is 33.2. The lowest BCUT2D eigenvalue weighted by Crippen LogP contribution is -1.97. The van der Waals surface area contributed by atoms with Crippen molar-refractivity contribution >= 4 is 54.1 Å². The van der Waals surface area contributed by atoms with E-state index in [2.05, 4.69) is 211 Å². The standard InChI is InChI=1S/C58H37N3/c1-3-16-41(17-4-1)58-59-53(39-27-29-40(30-28-39)57-47-23-10-8-18-42(47)35-52-45-21-9-7-15-38(45)31-34-51(52)57)37-54(60-58)48-24-12-11-22-46(48)43-32-33-50-49-25-13-14-26-55(49)61(56(50)36-43)44-19-5-2-6-20-44/h1-37H. The van der Waals surface area contributed by atoms with Crippen LogP contribution >= 0.6 is 0 Å². The van der Waals surface area contributed by atoms with E-state index >= 15 is 0 Å². The summed E-state index contributed by atoms with van der Waals surface area (Å²) in [6, 6.07) is 80.5. The Kier molecular flexibility index (Phi) is 8.17. The zero-order chi connectivity index (χ0) is 40.3. The highest BCUT2D eigenvalue weighted by molar-refractivity contribution is 6.20. The fraction of sp³-hybridized carbons (Fsp3) is 0. The van der Waals surface area contributed by atoms with Gasteiger partial charge in [-0.05, 0) is 91.0 Å². The van der Waals surface area contributed by atoms with E-state index in [1.807, 2.05) is 18.2 Å². The Hall–Kier alpha value is -8.14. The molecule has 0 radical (unpaired) electrons. The van der Waals surface area contributed by atoms with Gasteiger partial charge < -0.3 is 4.57 Å². The van der Waals surface area contributed by atoms with Crippen molar-refractivity contribution in [1.29, 1.82) is 0 Å². The van der Waals surface area contributed by atoms with Crippen LogP contribution in [0, 0.1) is 0 Å². The SMILES string of the molecule is c1ccc(-c2nc(-c3ccc(-c4c5ccccc5cc5c4ccc4ccccc45)cc3)cc(-c3ccccc3-c3ccc4c5ccccc5n(-c5ccccc5)c4c3)n2)cc1. The molecule has 0 unspecified atom stereocenters. The highest BCUT2D eigenvalue weighted by Crippen LogP contribution is 2.41. The van der Waals surface area contributed by atoms with Crippen molar-refractivity contribution in [3.05, 3.63) is 224 Å². The molecule has 0 fully saturated rings. The Morgan fingerprint density at radius 3 is 1.70 bits per heavy atom. The van der Waals surface area contributed by atoms with Gasteiger partial charge in [0.05, 0.1) is 22.4 Å². The van der Waals surface area contributed by atoms with Gasteiger partial charge in [0.2, 0.25) is 0 Å². The molecule has 0 amide bonds. The van der Waals surface area contributed by atoms with E-state index in [4.69, 9.17) is 9.97 Å². The van der Waals surface area contributed by atoms with Crippen LogP contribution in [-0.4, -0.2) is 14.5 Å². The quantitative estimate of drug-likeness (QED) is 0.124. The average Bonchev–Trinajstić information content (AvgIpc) is 3.67. The normalized spacial score (nSPS) is 11.6. The second-order valence-electron chi connectivity index (χ2n) is 15.7. The van der Waals surface area contributed by atoms with Crippen molar-refractivity contribution in [2.45, 2.75) is 0 Å². The number of hydrogen-bond acceptors (Lipinski definition) is 2. The van der Waals surface area contributed by atoms with Crippen LogP contribution in [0.4, 0.5) is 0 Å². The Labute approximate surface area is 353 Å². The highest BCUT2D eigenvalue weighted by Gasteiger charge is 2.18. The molecule has 61 heavy (non-hydrogen) atoms. The maximum Gasteiger partial charge on any atom is 0.160 e. The summed E-state index contributed by atoms with van der Waals surface area (Å²) in [5.74, 6) is 0.693. The highest BCUT2D eigenvalue weighted by atomic mass is 15.0. The maximum absolute atomic E-state index is 5.29. The lowest BCUT2D eigenvalue weighted by atomic mass is 9.89. The van der Waals surface area contributed by atoms with Crippen LogP contribution in [-0.2, 0) is 0 Å². The van der Waals surface area contributed by atoms with Crippen molar-refractivity contribution < 1.29 is 0 Å². The molecule has 3 heteroatoms. The number of nitrogens with zero attached hydrogens (tertiary/aromatic N) is 3. The lowest BCUT2D eigenvalue weighted by Gasteiger charge is -2.15. The molecule has 2 heterocycles. The van der Waals surface area contributed by atoms with E-state index in [9.17, 15) is 0 Å². The Morgan fingerprint density at radius 2 is 0.885 bits per heavy atom. The topological polar surface area (TPSA) is 30.7 Å². The average molecular weight is 776 g/mol. The predicted molar refractivity (Wildman–Crippen MR) is 256 cm³/mol. The second-order valence-corrected chi connectivity index (χ2v) is 15.7. The van der Waals surface area contributed by atoms with Gasteiger partial charge in [0.1, 0.15) is 0 Å². The molecule has 0 bridgehead atoms. The summed E-state index contributed by atoms with van der Waals surface area (Å²) in [5.41, 5.74) is 13.0. The Morgan fingerprint density at radius 1 is 0.295 bits per heavy atom. The molecule has 12 aromatic rings. The van der Waals surface area contributed by atoms with Gasteiger partial charge in [-0.1, -0.05) is 188 Å². The van der Waals surface area contributed by atoms with Crippen LogP contribution in [0.25, 0.3) is 116 Å². The van der Waals surface area contributed by atoms with Crippen LogP contribution in [0.5, 0.6) is 0 Å². The Balaban J connectivity index is 1.01. The summed E-state index contributed by atoms with van der Waals surface area (Å²) in [4.78, 5) is 10.5. The summed E-state index contributed by atoms with van der Waals surface area (Å²) < 4.78 is 2.37. The molecular formula is C58H37N3. The second kappa shape index (κ2) is 14.3. The number of fused-ring (bicyclic) bond motifs is 7. The predicted octanol–water partition coefficient (Wildman–Crippen LogP) is 15.4. The first-order valence-corrected chi connectivity index (χ1v) is 20.8. The van der Waals surface area contributed by atoms with Crippen LogP contribution < -0.4 is 0 Å².